The average molecular weight is 405 g/mol. The molecule has 154 valence electrons. The summed E-state index contributed by atoms with van der Waals surface area (Å²) in [7, 11) is 3.95. The van der Waals surface area contributed by atoms with Gasteiger partial charge in [-0.3, -0.25) is 0 Å². The molecule has 30 heavy (non-hydrogen) atoms. The van der Waals surface area contributed by atoms with Crippen LogP contribution in [0.15, 0.2) is 70.9 Å². The van der Waals surface area contributed by atoms with E-state index in [1.807, 2.05) is 44.1 Å². The summed E-state index contributed by atoms with van der Waals surface area (Å²) in [6, 6.07) is 17.4. The molecule has 0 bridgehead atoms. The molecule has 3 aromatic carbocycles. The van der Waals surface area contributed by atoms with Gasteiger partial charge in [0.1, 0.15) is 5.69 Å². The molecule has 0 spiro atoms. The molecule has 5 nitrogen and oxygen atoms in total. The zero-order valence-corrected chi connectivity index (χ0v) is 17.5. The monoisotopic (exact) mass is 405 g/mol. The van der Waals surface area contributed by atoms with E-state index in [0.29, 0.717) is 23.4 Å². The van der Waals surface area contributed by atoms with E-state index in [1.165, 1.54) is 6.07 Å². The Labute approximate surface area is 175 Å². The van der Waals surface area contributed by atoms with Crippen LogP contribution in [0.5, 0.6) is 0 Å². The Kier molecular flexibility index (Phi) is 6.57. The van der Waals surface area contributed by atoms with Crippen LogP contribution >= 0.6 is 0 Å². The molecule has 0 radical (unpaired) electrons. The second-order valence-electron chi connectivity index (χ2n) is 7.03. The first-order valence-electron chi connectivity index (χ1n) is 9.66. The Balaban J connectivity index is 1.78. The fraction of sp³-hybridized carbons (Fsp3) is 0.208. The average Bonchev–Trinajstić information content (AvgIpc) is 2.73. The molecule has 0 fully saturated rings. The highest BCUT2D eigenvalue weighted by Gasteiger charge is 2.09. The number of nitrogens with zero attached hydrogens (tertiary/aromatic N) is 3. The maximum atomic E-state index is 14.6. The number of hydrogen-bond donors (Lipinski definition) is 0. The summed E-state index contributed by atoms with van der Waals surface area (Å²) in [5.41, 5.74) is 4.93. The van der Waals surface area contributed by atoms with E-state index in [1.54, 1.807) is 43.3 Å². The van der Waals surface area contributed by atoms with Crippen LogP contribution in [-0.2, 0) is 4.74 Å². The summed E-state index contributed by atoms with van der Waals surface area (Å²) in [6.07, 6.45) is 0. The molecule has 0 amide bonds. The minimum Gasteiger partial charge on any atom is -0.462 e. The lowest BCUT2D eigenvalue weighted by atomic mass is 10.0. The molecule has 3 rings (SSSR count). The largest absolute Gasteiger partial charge is 0.462 e. The molecule has 6 heteroatoms. The van der Waals surface area contributed by atoms with Crippen LogP contribution in [-0.4, -0.2) is 26.7 Å². The Hall–Kier alpha value is -3.54. The molecule has 0 unspecified atom stereocenters. The van der Waals surface area contributed by atoms with Gasteiger partial charge < -0.3 is 9.64 Å². The van der Waals surface area contributed by atoms with Gasteiger partial charge in [0.15, 0.2) is 5.82 Å². The zero-order chi connectivity index (χ0) is 21.7. The van der Waals surface area contributed by atoms with E-state index in [-0.39, 0.29) is 11.7 Å². The number of carbonyl (C=O) groups is 1. The van der Waals surface area contributed by atoms with Gasteiger partial charge in [0.2, 0.25) is 0 Å². The number of ether oxygens (including phenoxy) is 1. The number of anilines is 1. The summed E-state index contributed by atoms with van der Waals surface area (Å²) >= 11 is 0. The number of halogens is 1. The highest BCUT2D eigenvalue weighted by molar-refractivity contribution is 5.90. The Morgan fingerprint density at radius 3 is 2.27 bits per heavy atom. The fourth-order valence-corrected chi connectivity index (χ4v) is 3.10. The third-order valence-electron chi connectivity index (χ3n) is 4.61. The van der Waals surface area contributed by atoms with Crippen molar-refractivity contribution in [1.82, 2.24) is 0 Å². The lowest BCUT2D eigenvalue weighted by Gasteiger charge is -2.15. The molecule has 0 aliphatic heterocycles. The minimum absolute atomic E-state index is 0.163. The van der Waals surface area contributed by atoms with Crippen LogP contribution in [0.1, 0.15) is 22.8 Å². The van der Waals surface area contributed by atoms with Gasteiger partial charge in [0.05, 0.1) is 17.9 Å². The quantitative estimate of drug-likeness (QED) is 0.349. The van der Waals surface area contributed by atoms with Crippen LogP contribution in [0.25, 0.3) is 11.1 Å². The molecule has 0 N–H and O–H groups in total. The summed E-state index contributed by atoms with van der Waals surface area (Å²) in [5.74, 6) is -0.841. The summed E-state index contributed by atoms with van der Waals surface area (Å²) in [6.45, 7) is 4.08. The number of rotatable bonds is 6. The molecular weight excluding hydrogens is 381 g/mol. The van der Waals surface area contributed by atoms with Crippen molar-refractivity contribution in [3.8, 4) is 11.1 Å². The number of aryl methyl sites for hydroxylation is 1. The molecule has 0 saturated heterocycles. The highest BCUT2D eigenvalue weighted by atomic mass is 19.1. The number of esters is 1. The molecule has 0 aliphatic carbocycles. The third kappa shape index (κ3) is 4.89. The second-order valence-corrected chi connectivity index (χ2v) is 7.03. The third-order valence-corrected chi connectivity index (χ3v) is 4.61. The van der Waals surface area contributed by atoms with Crippen LogP contribution in [0.2, 0.25) is 0 Å². The zero-order valence-electron chi connectivity index (χ0n) is 17.5. The number of carbonyl (C=O) groups excluding carboxylic acids is 1. The van der Waals surface area contributed by atoms with E-state index < -0.39 is 5.82 Å². The van der Waals surface area contributed by atoms with E-state index in [0.717, 1.165) is 16.8 Å². The predicted octanol–water partition coefficient (Wildman–Crippen LogP) is 6.46. The first-order valence-corrected chi connectivity index (χ1v) is 9.66. The van der Waals surface area contributed by atoms with Crippen molar-refractivity contribution < 1.29 is 13.9 Å². The Morgan fingerprint density at radius 1 is 0.967 bits per heavy atom. The van der Waals surface area contributed by atoms with Crippen molar-refractivity contribution in [1.29, 1.82) is 0 Å². The highest BCUT2D eigenvalue weighted by Crippen LogP contribution is 2.29. The smallest absolute Gasteiger partial charge is 0.338 e. The van der Waals surface area contributed by atoms with Crippen molar-refractivity contribution in [2.75, 3.05) is 25.6 Å². The molecule has 3 aromatic rings. The van der Waals surface area contributed by atoms with Crippen molar-refractivity contribution in [2.24, 2.45) is 10.2 Å². The van der Waals surface area contributed by atoms with Crippen molar-refractivity contribution in [3.63, 3.8) is 0 Å². The lowest BCUT2D eigenvalue weighted by molar-refractivity contribution is 0.0526. The molecule has 0 aromatic heterocycles. The first-order chi connectivity index (χ1) is 14.4. The summed E-state index contributed by atoms with van der Waals surface area (Å²) in [5, 5.41) is 8.22. The number of benzene rings is 3. The Bertz CT molecular complexity index is 1080. The maximum Gasteiger partial charge on any atom is 0.338 e. The summed E-state index contributed by atoms with van der Waals surface area (Å²) in [4.78, 5) is 13.8. The van der Waals surface area contributed by atoms with E-state index >= 15 is 0 Å². The summed E-state index contributed by atoms with van der Waals surface area (Å²) < 4.78 is 19.5. The fourth-order valence-electron chi connectivity index (χ4n) is 3.10. The first kappa shape index (κ1) is 21.2. The normalized spacial score (nSPS) is 11.0. The van der Waals surface area contributed by atoms with Crippen LogP contribution in [0.4, 0.5) is 21.5 Å². The topological polar surface area (TPSA) is 54.3 Å². The standard InChI is InChI=1S/C24H24FN3O2/c1-5-30-24(29)18-8-6-17(7-9-18)19-10-12-22(21(25)15-19)27-26-20-11-13-23(28(3)4)16(2)14-20/h6-15H,5H2,1-4H3/b27-26+. The predicted molar refractivity (Wildman–Crippen MR) is 117 cm³/mol. The van der Waals surface area contributed by atoms with E-state index in [9.17, 15) is 9.18 Å². The van der Waals surface area contributed by atoms with Crippen molar-refractivity contribution in [2.45, 2.75) is 13.8 Å². The number of hydrogen-bond acceptors (Lipinski definition) is 5. The van der Waals surface area contributed by atoms with Gasteiger partial charge in [-0.2, -0.15) is 5.11 Å². The molecular formula is C24H24FN3O2. The van der Waals surface area contributed by atoms with Gasteiger partial charge in [0.25, 0.3) is 0 Å². The van der Waals surface area contributed by atoms with Gasteiger partial charge >= 0.3 is 5.97 Å². The molecule has 0 heterocycles. The van der Waals surface area contributed by atoms with Gasteiger partial charge in [-0.05, 0) is 73.0 Å². The SMILES string of the molecule is CCOC(=O)c1ccc(-c2ccc(/N=N/c3ccc(N(C)C)c(C)c3)c(F)c2)cc1. The molecule has 0 atom stereocenters. The van der Waals surface area contributed by atoms with Gasteiger partial charge in [-0.1, -0.05) is 18.2 Å². The van der Waals surface area contributed by atoms with Crippen molar-refractivity contribution in [3.05, 3.63) is 77.6 Å². The second kappa shape index (κ2) is 9.31. The van der Waals surface area contributed by atoms with Gasteiger partial charge in [-0.25, -0.2) is 9.18 Å². The van der Waals surface area contributed by atoms with Crippen LogP contribution < -0.4 is 4.90 Å². The van der Waals surface area contributed by atoms with Gasteiger partial charge in [-0.15, -0.1) is 5.11 Å². The minimum atomic E-state index is -0.465. The van der Waals surface area contributed by atoms with E-state index in [2.05, 4.69) is 10.2 Å². The van der Waals surface area contributed by atoms with E-state index in [4.69, 9.17) is 4.74 Å². The Morgan fingerprint density at radius 2 is 1.67 bits per heavy atom. The maximum absolute atomic E-state index is 14.6. The van der Waals surface area contributed by atoms with Crippen molar-refractivity contribution >= 4 is 23.0 Å². The molecule has 0 saturated carbocycles. The molecule has 0 aliphatic rings. The lowest BCUT2D eigenvalue weighted by Crippen LogP contribution is -2.09. The van der Waals surface area contributed by atoms with Crippen LogP contribution in [0.3, 0.4) is 0 Å². The van der Waals surface area contributed by atoms with Crippen LogP contribution in [0, 0.1) is 12.7 Å². The van der Waals surface area contributed by atoms with Gasteiger partial charge in [0, 0.05) is 19.8 Å². The number of azo groups is 1.